The van der Waals surface area contributed by atoms with Crippen LogP contribution in [0.15, 0.2) is 0 Å². The van der Waals surface area contributed by atoms with Gasteiger partial charge >= 0.3 is 0 Å². The molecule has 2 unspecified atom stereocenters. The van der Waals surface area contributed by atoms with E-state index in [9.17, 15) is 9.59 Å². The highest BCUT2D eigenvalue weighted by molar-refractivity contribution is 5.97. The lowest BCUT2D eigenvalue weighted by Gasteiger charge is -2.39. The Hall–Kier alpha value is -1.10. The van der Waals surface area contributed by atoms with Crippen molar-refractivity contribution in [1.82, 2.24) is 10.2 Å². The van der Waals surface area contributed by atoms with E-state index in [1.165, 1.54) is 0 Å². The number of methoxy groups -OCH3 is 1. The quantitative estimate of drug-likeness (QED) is 0.774. The smallest absolute Gasteiger partial charge is 0.246 e. The summed E-state index contributed by atoms with van der Waals surface area (Å²) in [6, 6.07) is -0.634. The molecule has 0 bridgehead atoms. The molecule has 0 spiro atoms. The van der Waals surface area contributed by atoms with Gasteiger partial charge in [0.25, 0.3) is 0 Å². The van der Waals surface area contributed by atoms with Gasteiger partial charge in [0, 0.05) is 13.7 Å². The van der Waals surface area contributed by atoms with Crippen LogP contribution >= 0.6 is 0 Å². The third-order valence-electron chi connectivity index (χ3n) is 3.85. The van der Waals surface area contributed by atoms with Crippen LogP contribution in [-0.4, -0.2) is 49.1 Å². The van der Waals surface area contributed by atoms with Crippen molar-refractivity contribution in [1.29, 1.82) is 0 Å². The molecule has 2 fully saturated rings. The predicted molar refractivity (Wildman–Crippen MR) is 71.5 cm³/mol. The molecule has 2 atom stereocenters. The Kier molecular flexibility index (Phi) is 4.45. The number of piperazine rings is 1. The van der Waals surface area contributed by atoms with Gasteiger partial charge in [-0.1, -0.05) is 13.8 Å². The lowest BCUT2D eigenvalue weighted by Crippen LogP contribution is -2.64. The van der Waals surface area contributed by atoms with E-state index in [0.717, 1.165) is 12.8 Å². The standard InChI is InChI=1S/C14H24N2O3/c1-9(2)8-11-13(17)15-12(10-4-5-10)14(18)16(11)6-7-19-3/h9-12H,4-8H2,1-3H3,(H,15,17). The topological polar surface area (TPSA) is 58.6 Å². The number of hydrogen-bond donors (Lipinski definition) is 1. The molecule has 1 heterocycles. The minimum Gasteiger partial charge on any atom is -0.383 e. The minimum absolute atomic E-state index is 0.00121. The van der Waals surface area contributed by atoms with Crippen LogP contribution in [0.2, 0.25) is 0 Å². The van der Waals surface area contributed by atoms with Gasteiger partial charge in [0.05, 0.1) is 6.61 Å². The third-order valence-corrected chi connectivity index (χ3v) is 3.85. The maximum Gasteiger partial charge on any atom is 0.246 e. The lowest BCUT2D eigenvalue weighted by molar-refractivity contribution is -0.151. The van der Waals surface area contributed by atoms with Gasteiger partial charge in [-0.15, -0.1) is 0 Å². The highest BCUT2D eigenvalue weighted by Crippen LogP contribution is 2.35. The lowest BCUT2D eigenvalue weighted by atomic mass is 9.96. The van der Waals surface area contributed by atoms with E-state index < -0.39 is 0 Å². The van der Waals surface area contributed by atoms with Gasteiger partial charge in [-0.3, -0.25) is 9.59 Å². The summed E-state index contributed by atoms with van der Waals surface area (Å²) in [5.41, 5.74) is 0. The summed E-state index contributed by atoms with van der Waals surface area (Å²) in [5, 5.41) is 2.92. The first-order valence-electron chi connectivity index (χ1n) is 7.14. The van der Waals surface area contributed by atoms with E-state index in [1.807, 2.05) is 0 Å². The van der Waals surface area contributed by atoms with Crippen molar-refractivity contribution in [3.63, 3.8) is 0 Å². The average Bonchev–Trinajstić information content (AvgIpc) is 3.16. The Morgan fingerprint density at radius 1 is 1.37 bits per heavy atom. The van der Waals surface area contributed by atoms with E-state index in [2.05, 4.69) is 19.2 Å². The Morgan fingerprint density at radius 2 is 2.05 bits per heavy atom. The fourth-order valence-corrected chi connectivity index (χ4v) is 2.67. The van der Waals surface area contributed by atoms with Crippen LogP contribution in [0, 0.1) is 11.8 Å². The molecule has 108 valence electrons. The van der Waals surface area contributed by atoms with Gasteiger partial charge in [0.1, 0.15) is 12.1 Å². The van der Waals surface area contributed by atoms with Crippen LogP contribution in [0.1, 0.15) is 33.1 Å². The van der Waals surface area contributed by atoms with Crippen molar-refractivity contribution in [3.8, 4) is 0 Å². The molecule has 0 aromatic heterocycles. The van der Waals surface area contributed by atoms with Crippen LogP contribution in [0.5, 0.6) is 0 Å². The van der Waals surface area contributed by atoms with Crippen LogP contribution in [0.3, 0.4) is 0 Å². The van der Waals surface area contributed by atoms with Gasteiger partial charge in [-0.05, 0) is 31.1 Å². The molecule has 2 rings (SSSR count). The number of rotatable bonds is 6. The summed E-state index contributed by atoms with van der Waals surface area (Å²) in [6.45, 7) is 5.12. The molecule has 0 aromatic rings. The number of amides is 2. The Bertz CT molecular complexity index is 353. The zero-order chi connectivity index (χ0) is 14.0. The largest absolute Gasteiger partial charge is 0.383 e. The summed E-state index contributed by atoms with van der Waals surface area (Å²) >= 11 is 0. The maximum atomic E-state index is 12.5. The first-order valence-corrected chi connectivity index (χ1v) is 7.14. The molecule has 1 aliphatic carbocycles. The second-order valence-electron chi connectivity index (χ2n) is 5.99. The summed E-state index contributed by atoms with van der Waals surface area (Å²) in [7, 11) is 1.62. The molecule has 1 aliphatic heterocycles. The molecule has 0 radical (unpaired) electrons. The molecule has 19 heavy (non-hydrogen) atoms. The van der Waals surface area contributed by atoms with Crippen molar-refractivity contribution in [2.45, 2.75) is 45.2 Å². The van der Waals surface area contributed by atoms with Gasteiger partial charge < -0.3 is 15.0 Å². The van der Waals surface area contributed by atoms with E-state index in [1.54, 1.807) is 12.0 Å². The molecule has 1 saturated carbocycles. The Labute approximate surface area is 114 Å². The number of nitrogens with zero attached hydrogens (tertiary/aromatic N) is 1. The van der Waals surface area contributed by atoms with Gasteiger partial charge in [-0.25, -0.2) is 0 Å². The molecule has 2 amide bonds. The second kappa shape index (κ2) is 5.90. The first kappa shape index (κ1) is 14.3. The fraction of sp³-hybridized carbons (Fsp3) is 0.857. The van der Waals surface area contributed by atoms with Gasteiger partial charge in [0.15, 0.2) is 0 Å². The van der Waals surface area contributed by atoms with E-state index in [-0.39, 0.29) is 23.9 Å². The molecule has 1 N–H and O–H groups in total. The van der Waals surface area contributed by atoms with Crippen molar-refractivity contribution in [3.05, 3.63) is 0 Å². The van der Waals surface area contributed by atoms with E-state index in [4.69, 9.17) is 4.74 Å². The molecule has 1 saturated heterocycles. The molecular weight excluding hydrogens is 244 g/mol. The second-order valence-corrected chi connectivity index (χ2v) is 5.99. The molecular formula is C14H24N2O3. The van der Waals surface area contributed by atoms with Crippen LogP contribution in [-0.2, 0) is 14.3 Å². The first-order chi connectivity index (χ1) is 9.04. The Morgan fingerprint density at radius 3 is 2.58 bits per heavy atom. The number of nitrogens with one attached hydrogen (secondary N) is 1. The highest BCUT2D eigenvalue weighted by atomic mass is 16.5. The highest BCUT2D eigenvalue weighted by Gasteiger charge is 2.46. The molecule has 0 aromatic carbocycles. The van der Waals surface area contributed by atoms with Crippen LogP contribution < -0.4 is 5.32 Å². The van der Waals surface area contributed by atoms with E-state index >= 15 is 0 Å². The fourth-order valence-electron chi connectivity index (χ4n) is 2.67. The summed E-state index contributed by atoms with van der Waals surface area (Å²) in [4.78, 5) is 26.5. The average molecular weight is 268 g/mol. The third kappa shape index (κ3) is 3.26. The number of carbonyl (C=O) groups is 2. The number of carbonyl (C=O) groups excluding carboxylic acids is 2. The monoisotopic (exact) mass is 268 g/mol. The van der Waals surface area contributed by atoms with Crippen molar-refractivity contribution < 1.29 is 14.3 Å². The van der Waals surface area contributed by atoms with Crippen LogP contribution in [0.4, 0.5) is 0 Å². The summed E-state index contributed by atoms with van der Waals surface area (Å²) < 4.78 is 5.07. The van der Waals surface area contributed by atoms with Gasteiger partial charge in [-0.2, -0.15) is 0 Å². The maximum absolute atomic E-state index is 12.5. The molecule has 5 nitrogen and oxygen atoms in total. The van der Waals surface area contributed by atoms with Crippen molar-refractivity contribution >= 4 is 11.8 Å². The van der Waals surface area contributed by atoms with Crippen LogP contribution in [0.25, 0.3) is 0 Å². The van der Waals surface area contributed by atoms with Gasteiger partial charge in [0.2, 0.25) is 11.8 Å². The SMILES string of the molecule is COCCN1C(=O)C(C2CC2)NC(=O)C1CC(C)C. The summed E-state index contributed by atoms with van der Waals surface area (Å²) in [6.07, 6.45) is 2.80. The van der Waals surface area contributed by atoms with Crippen molar-refractivity contribution in [2.24, 2.45) is 11.8 Å². The zero-order valence-electron chi connectivity index (χ0n) is 12.0. The molecule has 5 heteroatoms. The normalized spacial score (nSPS) is 27.9. The van der Waals surface area contributed by atoms with E-state index in [0.29, 0.717) is 31.4 Å². The number of ether oxygens (including phenoxy) is 1. The zero-order valence-corrected chi connectivity index (χ0v) is 12.0. The number of hydrogen-bond acceptors (Lipinski definition) is 3. The predicted octanol–water partition coefficient (Wildman–Crippen LogP) is 0.784. The van der Waals surface area contributed by atoms with Crippen molar-refractivity contribution in [2.75, 3.05) is 20.3 Å². The minimum atomic E-state index is -0.336. The molecule has 2 aliphatic rings. The summed E-state index contributed by atoms with van der Waals surface area (Å²) in [5.74, 6) is 0.804. The Balaban J connectivity index is 2.11.